The van der Waals surface area contributed by atoms with Crippen molar-refractivity contribution >= 4 is 16.0 Å². The Balaban J connectivity index is 3.50. The van der Waals surface area contributed by atoms with E-state index in [0.29, 0.717) is 6.54 Å². The lowest BCUT2D eigenvalue weighted by molar-refractivity contribution is -0.137. The fraction of sp³-hybridized carbons (Fsp3) is 0.857. The summed E-state index contributed by atoms with van der Waals surface area (Å²) in [4.78, 5) is 10.3. The molecular weight excluding hydrogens is 208 g/mol. The first kappa shape index (κ1) is 13.3. The molecule has 0 aromatic heterocycles. The van der Waals surface area contributed by atoms with Crippen LogP contribution in [-0.2, 0) is 14.8 Å². The number of carboxylic acid groups (broad SMARTS) is 1. The number of sulfonamides is 1. The third kappa shape index (κ3) is 9.43. The molecule has 0 radical (unpaired) electrons. The molecule has 0 saturated carbocycles. The Labute approximate surface area is 83.7 Å². The molecule has 0 spiro atoms. The lowest BCUT2D eigenvalue weighted by Crippen LogP contribution is -2.36. The number of rotatable bonds is 7. The summed E-state index contributed by atoms with van der Waals surface area (Å²) >= 11 is 0. The van der Waals surface area contributed by atoms with Crippen LogP contribution in [0, 0.1) is 0 Å². The van der Waals surface area contributed by atoms with Crippen molar-refractivity contribution in [3.05, 3.63) is 0 Å². The molecule has 7 heteroatoms. The molecule has 0 aliphatic rings. The Morgan fingerprint density at radius 3 is 2.43 bits per heavy atom. The predicted molar refractivity (Wildman–Crippen MR) is 52.6 cm³/mol. The summed E-state index contributed by atoms with van der Waals surface area (Å²) in [5.41, 5.74) is 0. The lowest BCUT2D eigenvalue weighted by Gasteiger charge is -2.10. The first-order chi connectivity index (χ1) is 6.31. The zero-order valence-corrected chi connectivity index (χ0v) is 9.10. The lowest BCUT2D eigenvalue weighted by atomic mass is 10.2. The van der Waals surface area contributed by atoms with Crippen LogP contribution in [0.3, 0.4) is 0 Å². The Morgan fingerprint density at radius 1 is 1.43 bits per heavy atom. The highest BCUT2D eigenvalue weighted by Gasteiger charge is 2.06. The molecule has 6 nitrogen and oxygen atoms in total. The van der Waals surface area contributed by atoms with E-state index in [-0.39, 0.29) is 19.0 Å². The number of carboxylic acids is 1. The molecule has 1 atom stereocenters. The normalized spacial score (nSPS) is 13.9. The van der Waals surface area contributed by atoms with Crippen molar-refractivity contribution in [3.8, 4) is 0 Å². The number of hydrogen-bond acceptors (Lipinski definition) is 4. The number of carbonyl (C=O) groups is 1. The van der Waals surface area contributed by atoms with Gasteiger partial charge in [0, 0.05) is 19.1 Å². The molecular formula is C7H16N2O4S. The quantitative estimate of drug-likeness (QED) is 0.481. The fourth-order valence-electron chi connectivity index (χ4n) is 0.889. The molecule has 84 valence electrons. The van der Waals surface area contributed by atoms with Gasteiger partial charge in [0.15, 0.2) is 0 Å². The van der Waals surface area contributed by atoms with Gasteiger partial charge in [-0.05, 0) is 6.92 Å². The Kier molecular flexibility index (Phi) is 5.66. The standard InChI is InChI=1S/C7H16N2O4S/c1-6(5-7(10)11)8-3-4-9-14(2,12)13/h6,8-9H,3-5H2,1-2H3,(H,10,11). The minimum Gasteiger partial charge on any atom is -0.481 e. The van der Waals surface area contributed by atoms with Crippen LogP contribution in [0.1, 0.15) is 13.3 Å². The van der Waals surface area contributed by atoms with Gasteiger partial charge in [-0.15, -0.1) is 0 Å². The van der Waals surface area contributed by atoms with Gasteiger partial charge in [-0.1, -0.05) is 0 Å². The summed E-state index contributed by atoms with van der Waals surface area (Å²) in [6, 6.07) is -0.158. The van der Waals surface area contributed by atoms with Crippen LogP contribution in [-0.4, -0.2) is 44.9 Å². The minimum absolute atomic E-state index is 0.0267. The second-order valence-corrected chi connectivity index (χ2v) is 4.95. The molecule has 0 aliphatic carbocycles. The van der Waals surface area contributed by atoms with Gasteiger partial charge < -0.3 is 10.4 Å². The monoisotopic (exact) mass is 224 g/mol. The highest BCUT2D eigenvalue weighted by atomic mass is 32.2. The van der Waals surface area contributed by atoms with E-state index in [1.165, 1.54) is 0 Å². The third-order valence-corrected chi connectivity index (χ3v) is 2.19. The van der Waals surface area contributed by atoms with Gasteiger partial charge in [-0.25, -0.2) is 13.1 Å². The van der Waals surface area contributed by atoms with Gasteiger partial charge in [0.1, 0.15) is 0 Å². The number of aliphatic carboxylic acids is 1. The van der Waals surface area contributed by atoms with Gasteiger partial charge in [-0.2, -0.15) is 0 Å². The smallest absolute Gasteiger partial charge is 0.304 e. The van der Waals surface area contributed by atoms with Crippen molar-refractivity contribution in [2.45, 2.75) is 19.4 Å². The summed E-state index contributed by atoms with van der Waals surface area (Å²) in [5.74, 6) is -0.874. The molecule has 0 rings (SSSR count). The van der Waals surface area contributed by atoms with Crippen molar-refractivity contribution < 1.29 is 18.3 Å². The summed E-state index contributed by atoms with van der Waals surface area (Å²) < 4.78 is 23.5. The van der Waals surface area contributed by atoms with Crippen LogP contribution in [0.2, 0.25) is 0 Å². The number of hydrogen-bond donors (Lipinski definition) is 3. The van der Waals surface area contributed by atoms with E-state index < -0.39 is 16.0 Å². The van der Waals surface area contributed by atoms with Crippen LogP contribution < -0.4 is 10.0 Å². The Hall–Kier alpha value is -0.660. The van der Waals surface area contributed by atoms with Gasteiger partial charge >= 0.3 is 5.97 Å². The maximum absolute atomic E-state index is 10.6. The molecule has 0 fully saturated rings. The third-order valence-electron chi connectivity index (χ3n) is 1.46. The van der Waals surface area contributed by atoms with Crippen molar-refractivity contribution in [2.24, 2.45) is 0 Å². The van der Waals surface area contributed by atoms with Gasteiger partial charge in [0.25, 0.3) is 0 Å². The highest BCUT2D eigenvalue weighted by molar-refractivity contribution is 7.88. The van der Waals surface area contributed by atoms with Crippen molar-refractivity contribution in [1.82, 2.24) is 10.0 Å². The molecule has 0 amide bonds. The van der Waals surface area contributed by atoms with Crippen molar-refractivity contribution in [1.29, 1.82) is 0 Å². The number of nitrogens with one attached hydrogen (secondary N) is 2. The van der Waals surface area contributed by atoms with Crippen LogP contribution in [0.4, 0.5) is 0 Å². The van der Waals surface area contributed by atoms with Crippen LogP contribution in [0.25, 0.3) is 0 Å². The molecule has 14 heavy (non-hydrogen) atoms. The largest absolute Gasteiger partial charge is 0.481 e. The van der Waals surface area contributed by atoms with Crippen LogP contribution >= 0.6 is 0 Å². The molecule has 0 saturated heterocycles. The molecule has 0 heterocycles. The van der Waals surface area contributed by atoms with Crippen molar-refractivity contribution in [3.63, 3.8) is 0 Å². The van der Waals surface area contributed by atoms with Gasteiger partial charge in [0.05, 0.1) is 12.7 Å². The van der Waals surface area contributed by atoms with Gasteiger partial charge in [0.2, 0.25) is 10.0 Å². The predicted octanol–water partition coefficient (Wildman–Crippen LogP) is -1.01. The first-order valence-electron chi connectivity index (χ1n) is 4.21. The van der Waals surface area contributed by atoms with E-state index in [1.54, 1.807) is 6.92 Å². The summed E-state index contributed by atoms with van der Waals surface area (Å²) in [5, 5.41) is 11.3. The van der Waals surface area contributed by atoms with Gasteiger partial charge in [-0.3, -0.25) is 4.79 Å². The van der Waals surface area contributed by atoms with E-state index in [9.17, 15) is 13.2 Å². The van der Waals surface area contributed by atoms with E-state index in [1.807, 2.05) is 0 Å². The van der Waals surface area contributed by atoms with Crippen LogP contribution in [0.5, 0.6) is 0 Å². The maximum atomic E-state index is 10.6. The zero-order valence-electron chi connectivity index (χ0n) is 8.28. The highest BCUT2D eigenvalue weighted by Crippen LogP contribution is 1.88. The van der Waals surface area contributed by atoms with Crippen LogP contribution in [0.15, 0.2) is 0 Å². The Morgan fingerprint density at radius 2 is 2.00 bits per heavy atom. The fourth-order valence-corrected chi connectivity index (χ4v) is 1.36. The average Bonchev–Trinajstić information content (AvgIpc) is 1.95. The second-order valence-electron chi connectivity index (χ2n) is 3.12. The molecule has 0 aromatic rings. The van der Waals surface area contributed by atoms with E-state index in [4.69, 9.17) is 5.11 Å². The Bertz CT molecular complexity index is 275. The summed E-state index contributed by atoms with van der Waals surface area (Å²) in [7, 11) is -3.15. The average molecular weight is 224 g/mol. The van der Waals surface area contributed by atoms with E-state index >= 15 is 0 Å². The summed E-state index contributed by atoms with van der Waals surface area (Å²) in [6.07, 6.45) is 1.10. The SMILES string of the molecule is CC(CC(=O)O)NCCNS(C)(=O)=O. The molecule has 0 bridgehead atoms. The van der Waals surface area contributed by atoms with E-state index in [0.717, 1.165) is 6.26 Å². The zero-order chi connectivity index (χ0) is 11.2. The molecule has 3 N–H and O–H groups in total. The summed E-state index contributed by atoms with van der Waals surface area (Å²) in [6.45, 7) is 2.42. The van der Waals surface area contributed by atoms with Crippen molar-refractivity contribution in [2.75, 3.05) is 19.3 Å². The van der Waals surface area contributed by atoms with E-state index in [2.05, 4.69) is 10.0 Å². The first-order valence-corrected chi connectivity index (χ1v) is 6.10. The maximum Gasteiger partial charge on any atom is 0.304 e. The second kappa shape index (κ2) is 5.94. The molecule has 0 aliphatic heterocycles. The minimum atomic E-state index is -3.15. The topological polar surface area (TPSA) is 95.5 Å². The molecule has 1 unspecified atom stereocenters. The molecule has 0 aromatic carbocycles.